The normalized spacial score (nSPS) is 11.4. The van der Waals surface area contributed by atoms with Gasteiger partial charge in [0.2, 0.25) is 11.8 Å². The molecule has 10 heteroatoms. The maximum Gasteiger partial charge on any atom is 0.244 e. The first-order valence-corrected chi connectivity index (χ1v) is 11.4. The zero-order valence-electron chi connectivity index (χ0n) is 12.7. The van der Waals surface area contributed by atoms with E-state index in [1.54, 1.807) is 0 Å². The second-order valence-electron chi connectivity index (χ2n) is 4.51. The smallest absolute Gasteiger partial charge is 0.244 e. The average Bonchev–Trinajstić information content (AvgIpc) is 2.50. The topological polar surface area (TPSA) is 104 Å². The van der Waals surface area contributed by atoms with Crippen molar-refractivity contribution in [2.45, 2.75) is 6.42 Å². The van der Waals surface area contributed by atoms with Crippen molar-refractivity contribution in [2.24, 2.45) is 0 Å². The number of amides is 2. The van der Waals surface area contributed by atoms with Crippen molar-refractivity contribution in [2.75, 3.05) is 42.6 Å². The molecule has 132 valence electrons. The molecule has 0 aromatic carbocycles. The SMILES string of the molecule is O=C/C=C\C(=O)NCCC(=O)NCCNP(=O)(CCBr)CCBr. The van der Waals surface area contributed by atoms with Crippen LogP contribution in [0, 0.1) is 0 Å². The highest BCUT2D eigenvalue weighted by molar-refractivity contribution is 9.09. The number of allylic oxidation sites excluding steroid dienone is 1. The molecule has 0 aliphatic heterocycles. The molecule has 0 atom stereocenters. The van der Waals surface area contributed by atoms with E-state index >= 15 is 0 Å². The fourth-order valence-corrected chi connectivity index (χ4v) is 6.62. The number of hydrogen-bond donors (Lipinski definition) is 3. The number of rotatable bonds is 13. The summed E-state index contributed by atoms with van der Waals surface area (Å²) in [6.45, 7) is 0.983. The van der Waals surface area contributed by atoms with Gasteiger partial charge in [0.1, 0.15) is 13.6 Å². The van der Waals surface area contributed by atoms with E-state index in [4.69, 9.17) is 0 Å². The minimum atomic E-state index is -2.41. The Kier molecular flexibility index (Phi) is 13.6. The molecule has 0 unspecified atom stereocenters. The van der Waals surface area contributed by atoms with Gasteiger partial charge >= 0.3 is 0 Å². The highest BCUT2D eigenvalue weighted by atomic mass is 79.9. The van der Waals surface area contributed by atoms with Gasteiger partial charge in [-0.1, -0.05) is 31.9 Å². The summed E-state index contributed by atoms with van der Waals surface area (Å²) in [6.07, 6.45) is 3.95. The van der Waals surface area contributed by atoms with Gasteiger partial charge in [-0.2, -0.15) is 0 Å². The Balaban J connectivity index is 3.85. The lowest BCUT2D eigenvalue weighted by Crippen LogP contribution is -2.34. The van der Waals surface area contributed by atoms with E-state index < -0.39 is 13.2 Å². The molecule has 0 aliphatic carbocycles. The van der Waals surface area contributed by atoms with Crippen LogP contribution in [-0.2, 0) is 18.9 Å². The Morgan fingerprint density at radius 2 is 1.65 bits per heavy atom. The zero-order valence-corrected chi connectivity index (χ0v) is 16.8. The van der Waals surface area contributed by atoms with E-state index in [1.165, 1.54) is 0 Å². The molecule has 0 aliphatic rings. The van der Waals surface area contributed by atoms with E-state index in [-0.39, 0.29) is 18.9 Å². The fraction of sp³-hybridized carbons (Fsp3) is 0.615. The molecule has 0 spiro atoms. The summed E-state index contributed by atoms with van der Waals surface area (Å²) >= 11 is 6.57. The quantitative estimate of drug-likeness (QED) is 0.121. The lowest BCUT2D eigenvalue weighted by atomic mass is 10.4. The molecule has 0 fully saturated rings. The van der Waals surface area contributed by atoms with Gasteiger partial charge in [-0.25, -0.2) is 0 Å². The summed E-state index contributed by atoms with van der Waals surface area (Å²) in [7, 11) is -2.41. The third-order valence-electron chi connectivity index (χ3n) is 2.72. The number of carbonyl (C=O) groups is 3. The first-order chi connectivity index (χ1) is 11.0. The van der Waals surface area contributed by atoms with Crippen molar-refractivity contribution in [3.63, 3.8) is 0 Å². The molecule has 0 aromatic heterocycles. The second-order valence-corrected chi connectivity index (χ2v) is 9.08. The van der Waals surface area contributed by atoms with Crippen LogP contribution in [-0.4, -0.2) is 60.7 Å². The molecule has 7 nitrogen and oxygen atoms in total. The molecule has 0 radical (unpaired) electrons. The van der Waals surface area contributed by atoms with Gasteiger partial charge in [0, 0.05) is 55.1 Å². The summed E-state index contributed by atoms with van der Waals surface area (Å²) in [6, 6.07) is 0. The van der Waals surface area contributed by atoms with Gasteiger partial charge in [-0.3, -0.25) is 19.5 Å². The minimum Gasteiger partial charge on any atom is -0.355 e. The van der Waals surface area contributed by atoms with Crippen LogP contribution in [0.2, 0.25) is 0 Å². The van der Waals surface area contributed by atoms with E-state index in [0.29, 0.717) is 42.4 Å². The van der Waals surface area contributed by atoms with Crippen molar-refractivity contribution in [1.29, 1.82) is 0 Å². The molecule has 23 heavy (non-hydrogen) atoms. The summed E-state index contributed by atoms with van der Waals surface area (Å²) in [5.74, 6) is -0.626. The van der Waals surface area contributed by atoms with Crippen LogP contribution >= 0.6 is 39.2 Å². The number of halogens is 2. The molecular weight excluding hydrogens is 453 g/mol. The van der Waals surface area contributed by atoms with E-state index in [1.807, 2.05) is 0 Å². The molecule has 0 saturated carbocycles. The predicted molar refractivity (Wildman–Crippen MR) is 98.8 cm³/mol. The Morgan fingerprint density at radius 1 is 1.00 bits per heavy atom. The highest BCUT2D eigenvalue weighted by Crippen LogP contribution is 2.40. The van der Waals surface area contributed by atoms with Crippen molar-refractivity contribution in [1.82, 2.24) is 15.7 Å². The first kappa shape index (κ1) is 22.5. The van der Waals surface area contributed by atoms with Crippen LogP contribution < -0.4 is 15.7 Å². The molecule has 0 aromatic rings. The van der Waals surface area contributed by atoms with Gasteiger partial charge in [0.25, 0.3) is 0 Å². The van der Waals surface area contributed by atoms with Crippen molar-refractivity contribution < 1.29 is 18.9 Å². The van der Waals surface area contributed by atoms with Crippen molar-refractivity contribution in [3.8, 4) is 0 Å². The van der Waals surface area contributed by atoms with E-state index in [0.717, 1.165) is 12.2 Å². The van der Waals surface area contributed by atoms with Gasteiger partial charge in [-0.15, -0.1) is 0 Å². The van der Waals surface area contributed by atoms with Gasteiger partial charge in [-0.05, 0) is 6.08 Å². The third kappa shape index (κ3) is 12.6. The van der Waals surface area contributed by atoms with Crippen LogP contribution in [0.4, 0.5) is 0 Å². The first-order valence-electron chi connectivity index (χ1n) is 7.09. The van der Waals surface area contributed by atoms with Crippen molar-refractivity contribution in [3.05, 3.63) is 12.2 Å². The zero-order chi connectivity index (χ0) is 17.6. The summed E-state index contributed by atoms with van der Waals surface area (Å²) in [4.78, 5) is 32.7. The maximum absolute atomic E-state index is 12.4. The lowest BCUT2D eigenvalue weighted by Gasteiger charge is -2.18. The van der Waals surface area contributed by atoms with Gasteiger partial charge in [0.15, 0.2) is 0 Å². The monoisotopic (exact) mass is 473 g/mol. The van der Waals surface area contributed by atoms with Gasteiger partial charge < -0.3 is 15.2 Å². The minimum absolute atomic E-state index is 0.140. The van der Waals surface area contributed by atoms with E-state index in [9.17, 15) is 18.9 Å². The lowest BCUT2D eigenvalue weighted by molar-refractivity contribution is -0.121. The predicted octanol–water partition coefficient (Wildman–Crippen LogP) is 1.02. The Bertz CT molecular complexity index is 451. The molecular formula is C13H22Br2N3O4P. The molecule has 0 saturated heterocycles. The molecule has 0 bridgehead atoms. The second kappa shape index (κ2) is 13.9. The van der Waals surface area contributed by atoms with Crippen molar-refractivity contribution >= 4 is 57.3 Å². The highest BCUT2D eigenvalue weighted by Gasteiger charge is 2.19. The number of nitrogens with one attached hydrogen (secondary N) is 3. The molecule has 0 rings (SSSR count). The Hall–Kier alpha value is -0.500. The fourth-order valence-electron chi connectivity index (χ4n) is 1.58. The number of alkyl halides is 2. The molecule has 2 amide bonds. The third-order valence-corrected chi connectivity index (χ3v) is 7.43. The van der Waals surface area contributed by atoms with Gasteiger partial charge in [0.05, 0.1) is 0 Å². The Labute approximate surface area is 153 Å². The summed E-state index contributed by atoms with van der Waals surface area (Å²) in [5.41, 5.74) is 0. The van der Waals surface area contributed by atoms with Crippen LogP contribution in [0.3, 0.4) is 0 Å². The Morgan fingerprint density at radius 3 is 2.22 bits per heavy atom. The number of aldehydes is 1. The van der Waals surface area contributed by atoms with Crippen LogP contribution in [0.5, 0.6) is 0 Å². The largest absolute Gasteiger partial charge is 0.355 e. The van der Waals surface area contributed by atoms with Crippen LogP contribution in [0.25, 0.3) is 0 Å². The summed E-state index contributed by atoms with van der Waals surface area (Å²) < 4.78 is 12.4. The standard InChI is InChI=1S/C13H22Br2N3O4P/c14-4-10-23(22,11-5-15)18-8-7-17-13(21)3-6-16-12(20)2-1-9-19/h1-2,9H,3-8,10-11H2,(H,16,20)(H,17,21)(H,18,22)/b2-1-. The number of carbonyl (C=O) groups excluding carboxylic acids is 3. The molecule has 3 N–H and O–H groups in total. The van der Waals surface area contributed by atoms with E-state index in [2.05, 4.69) is 47.6 Å². The maximum atomic E-state index is 12.4. The summed E-state index contributed by atoms with van der Waals surface area (Å²) in [5, 5.41) is 9.51. The van der Waals surface area contributed by atoms with Crippen LogP contribution in [0.15, 0.2) is 12.2 Å². The number of hydrogen-bond acceptors (Lipinski definition) is 4. The molecule has 0 heterocycles. The van der Waals surface area contributed by atoms with Crippen LogP contribution in [0.1, 0.15) is 6.42 Å². The average molecular weight is 475 g/mol.